The van der Waals surface area contributed by atoms with Crippen LogP contribution in [-0.4, -0.2) is 5.78 Å². The van der Waals surface area contributed by atoms with Crippen molar-refractivity contribution in [2.75, 3.05) is 0 Å². The van der Waals surface area contributed by atoms with E-state index >= 15 is 0 Å². The molecule has 0 spiro atoms. The summed E-state index contributed by atoms with van der Waals surface area (Å²) in [5.41, 5.74) is 7.22. The first-order chi connectivity index (χ1) is 12.6. The lowest BCUT2D eigenvalue weighted by atomic mass is 9.83. The zero-order valence-electron chi connectivity index (χ0n) is 18.4. The summed E-state index contributed by atoms with van der Waals surface area (Å²) in [4.78, 5) is 13.4. The summed E-state index contributed by atoms with van der Waals surface area (Å²) in [6.07, 6.45) is 0.489. The molecule has 146 valence electrons. The Labute approximate surface area is 166 Å². The van der Waals surface area contributed by atoms with Crippen LogP contribution in [0.1, 0.15) is 117 Å². The molecule has 2 aromatic carbocycles. The number of rotatable bonds is 7. The number of hydrogen-bond donors (Lipinski definition) is 0. The first kappa shape index (κ1) is 21.4. The molecule has 0 bridgehead atoms. The van der Waals surface area contributed by atoms with E-state index in [2.05, 4.69) is 91.8 Å². The van der Waals surface area contributed by atoms with E-state index in [-0.39, 0.29) is 5.78 Å². The van der Waals surface area contributed by atoms with Crippen LogP contribution in [0.15, 0.2) is 36.4 Å². The molecule has 1 nitrogen and oxygen atoms in total. The summed E-state index contributed by atoms with van der Waals surface area (Å²) in [5, 5.41) is 0. The summed E-state index contributed by atoms with van der Waals surface area (Å²) in [7, 11) is 0. The minimum Gasteiger partial charge on any atom is -0.294 e. The molecule has 0 saturated heterocycles. The van der Waals surface area contributed by atoms with Crippen LogP contribution in [0.4, 0.5) is 0 Å². The molecule has 0 aliphatic carbocycles. The molecule has 0 heterocycles. The Morgan fingerprint density at radius 3 is 1.67 bits per heavy atom. The van der Waals surface area contributed by atoms with Gasteiger partial charge in [-0.15, -0.1) is 0 Å². The van der Waals surface area contributed by atoms with Crippen LogP contribution in [-0.2, 0) is 6.42 Å². The molecule has 0 amide bonds. The van der Waals surface area contributed by atoms with Gasteiger partial charge >= 0.3 is 0 Å². The molecule has 0 fully saturated rings. The van der Waals surface area contributed by atoms with Crippen LogP contribution >= 0.6 is 0 Å². The molecule has 0 atom stereocenters. The van der Waals surface area contributed by atoms with E-state index in [1.165, 1.54) is 27.8 Å². The van der Waals surface area contributed by atoms with Crippen LogP contribution in [0.3, 0.4) is 0 Å². The standard InChI is InChI=1S/C26H36O/c1-16(2)20-12-13-23(24(14-20)19(7)8)26(27)15-25-21(17(3)4)10-9-11-22(25)18(5)6/h9-14,16-19H,15H2,1-8H3. The van der Waals surface area contributed by atoms with Crippen LogP contribution in [0.2, 0.25) is 0 Å². The Kier molecular flexibility index (Phi) is 7.03. The minimum atomic E-state index is 0.240. The van der Waals surface area contributed by atoms with E-state index in [9.17, 15) is 4.79 Å². The van der Waals surface area contributed by atoms with Crippen molar-refractivity contribution in [3.05, 3.63) is 69.8 Å². The minimum absolute atomic E-state index is 0.240. The summed E-state index contributed by atoms with van der Waals surface area (Å²) in [5.74, 6) is 1.89. The maximum absolute atomic E-state index is 13.4. The van der Waals surface area contributed by atoms with E-state index in [4.69, 9.17) is 0 Å². The van der Waals surface area contributed by atoms with Crippen molar-refractivity contribution < 1.29 is 4.79 Å². The molecule has 0 aromatic heterocycles. The molecular formula is C26H36O. The van der Waals surface area contributed by atoms with Crippen LogP contribution in [0.5, 0.6) is 0 Å². The fourth-order valence-electron chi connectivity index (χ4n) is 3.84. The number of benzene rings is 2. The van der Waals surface area contributed by atoms with Crippen molar-refractivity contribution >= 4 is 5.78 Å². The molecular weight excluding hydrogens is 328 g/mol. The zero-order valence-corrected chi connectivity index (χ0v) is 18.4. The second-order valence-electron chi connectivity index (χ2n) is 8.98. The average Bonchev–Trinajstić information content (AvgIpc) is 2.60. The van der Waals surface area contributed by atoms with Gasteiger partial charge in [0.25, 0.3) is 0 Å². The maximum Gasteiger partial charge on any atom is 0.167 e. The summed E-state index contributed by atoms with van der Waals surface area (Å²) in [6, 6.07) is 12.9. The highest BCUT2D eigenvalue weighted by molar-refractivity contribution is 5.99. The topological polar surface area (TPSA) is 17.1 Å². The average molecular weight is 365 g/mol. The van der Waals surface area contributed by atoms with Gasteiger partial charge < -0.3 is 0 Å². The van der Waals surface area contributed by atoms with Gasteiger partial charge in [0.15, 0.2) is 5.78 Å². The predicted molar refractivity (Wildman–Crippen MR) is 117 cm³/mol. The van der Waals surface area contributed by atoms with Gasteiger partial charge in [0, 0.05) is 12.0 Å². The second-order valence-corrected chi connectivity index (χ2v) is 8.98. The fraction of sp³-hybridized carbons (Fsp3) is 0.500. The van der Waals surface area contributed by atoms with Gasteiger partial charge in [0.05, 0.1) is 0 Å². The highest BCUT2D eigenvalue weighted by Gasteiger charge is 2.20. The third kappa shape index (κ3) is 4.89. The highest BCUT2D eigenvalue weighted by Crippen LogP contribution is 2.31. The van der Waals surface area contributed by atoms with Gasteiger partial charge in [-0.05, 0) is 51.5 Å². The van der Waals surface area contributed by atoms with Crippen molar-refractivity contribution in [2.24, 2.45) is 0 Å². The maximum atomic E-state index is 13.4. The Balaban J connectivity index is 2.49. The Hall–Kier alpha value is -1.89. The van der Waals surface area contributed by atoms with Crippen molar-refractivity contribution in [3.8, 4) is 0 Å². The molecule has 0 radical (unpaired) electrons. The number of ketones is 1. The lowest BCUT2D eigenvalue weighted by Crippen LogP contribution is -2.13. The highest BCUT2D eigenvalue weighted by atomic mass is 16.1. The monoisotopic (exact) mass is 364 g/mol. The van der Waals surface area contributed by atoms with Gasteiger partial charge in [0.2, 0.25) is 0 Å². The molecule has 1 heteroatoms. The lowest BCUT2D eigenvalue weighted by molar-refractivity contribution is 0.0991. The molecule has 2 rings (SSSR count). The predicted octanol–water partition coefficient (Wildman–Crippen LogP) is 7.61. The third-order valence-electron chi connectivity index (χ3n) is 5.49. The summed E-state index contributed by atoms with van der Waals surface area (Å²) >= 11 is 0. The Bertz CT molecular complexity index is 768. The normalized spacial score (nSPS) is 11.9. The lowest BCUT2D eigenvalue weighted by Gasteiger charge is -2.21. The quantitative estimate of drug-likeness (QED) is 0.462. The van der Waals surface area contributed by atoms with Crippen LogP contribution in [0.25, 0.3) is 0 Å². The SMILES string of the molecule is CC(C)c1ccc(C(=O)Cc2c(C(C)C)cccc2C(C)C)c(C(C)C)c1. The zero-order chi connectivity index (χ0) is 20.3. The van der Waals surface area contributed by atoms with Crippen molar-refractivity contribution in [1.82, 2.24) is 0 Å². The molecule has 27 heavy (non-hydrogen) atoms. The number of Topliss-reactive ketones (excluding diaryl/α,β-unsaturated/α-hetero) is 1. The van der Waals surface area contributed by atoms with Crippen LogP contribution in [0, 0.1) is 0 Å². The van der Waals surface area contributed by atoms with Gasteiger partial charge in [-0.1, -0.05) is 91.8 Å². The first-order valence-corrected chi connectivity index (χ1v) is 10.4. The van der Waals surface area contributed by atoms with Crippen molar-refractivity contribution in [1.29, 1.82) is 0 Å². The van der Waals surface area contributed by atoms with Gasteiger partial charge in [-0.3, -0.25) is 4.79 Å². The van der Waals surface area contributed by atoms with E-state index in [1.54, 1.807) is 0 Å². The van der Waals surface area contributed by atoms with E-state index in [0.717, 1.165) is 5.56 Å². The fourth-order valence-corrected chi connectivity index (χ4v) is 3.84. The van der Waals surface area contributed by atoms with E-state index in [1.807, 2.05) is 0 Å². The molecule has 0 aliphatic heterocycles. The molecule has 0 N–H and O–H groups in total. The Morgan fingerprint density at radius 2 is 1.22 bits per heavy atom. The second kappa shape index (κ2) is 8.87. The van der Waals surface area contributed by atoms with Crippen LogP contribution < -0.4 is 0 Å². The number of carbonyl (C=O) groups excluding carboxylic acids is 1. The third-order valence-corrected chi connectivity index (χ3v) is 5.49. The van der Waals surface area contributed by atoms with E-state index < -0.39 is 0 Å². The van der Waals surface area contributed by atoms with Crippen molar-refractivity contribution in [3.63, 3.8) is 0 Å². The Morgan fingerprint density at radius 1 is 0.704 bits per heavy atom. The summed E-state index contributed by atoms with van der Waals surface area (Å²) < 4.78 is 0. The first-order valence-electron chi connectivity index (χ1n) is 10.4. The van der Waals surface area contributed by atoms with Gasteiger partial charge in [-0.25, -0.2) is 0 Å². The molecule has 2 aromatic rings. The molecule has 0 saturated carbocycles. The largest absolute Gasteiger partial charge is 0.294 e. The summed E-state index contributed by atoms with van der Waals surface area (Å²) in [6.45, 7) is 17.6. The molecule has 0 unspecified atom stereocenters. The smallest absolute Gasteiger partial charge is 0.167 e. The van der Waals surface area contributed by atoms with Crippen molar-refractivity contribution in [2.45, 2.75) is 85.5 Å². The molecule has 0 aliphatic rings. The van der Waals surface area contributed by atoms with Gasteiger partial charge in [-0.2, -0.15) is 0 Å². The van der Waals surface area contributed by atoms with Gasteiger partial charge in [0.1, 0.15) is 0 Å². The number of carbonyl (C=O) groups is 1. The van der Waals surface area contributed by atoms with E-state index in [0.29, 0.717) is 30.1 Å². The number of hydrogen-bond acceptors (Lipinski definition) is 1.